The highest BCUT2D eigenvalue weighted by molar-refractivity contribution is 7.98. The first-order chi connectivity index (χ1) is 9.52. The number of amides is 1. The van der Waals surface area contributed by atoms with Gasteiger partial charge in [0.2, 0.25) is 0 Å². The van der Waals surface area contributed by atoms with Gasteiger partial charge in [-0.15, -0.1) is 11.3 Å². The summed E-state index contributed by atoms with van der Waals surface area (Å²) in [5, 5.41) is 13.6. The Morgan fingerprint density at radius 1 is 1.50 bits per heavy atom. The molecule has 1 amide bonds. The summed E-state index contributed by atoms with van der Waals surface area (Å²) in [6.07, 6.45) is 3.10. The van der Waals surface area contributed by atoms with E-state index in [-0.39, 0.29) is 21.3 Å². The van der Waals surface area contributed by atoms with E-state index in [0.717, 1.165) is 11.3 Å². The Hall–Kier alpha value is -1.64. The number of hydrogen-bond acceptors (Lipinski definition) is 6. The normalized spacial score (nSPS) is 10.3. The predicted molar refractivity (Wildman–Crippen MR) is 78.1 cm³/mol. The van der Waals surface area contributed by atoms with Gasteiger partial charge < -0.3 is 10.4 Å². The molecule has 0 aliphatic carbocycles. The first-order valence-electron chi connectivity index (χ1n) is 5.21. The van der Waals surface area contributed by atoms with Crippen molar-refractivity contribution in [2.24, 2.45) is 0 Å². The molecule has 0 radical (unpaired) electrons. The number of aromatic carboxylic acids is 1. The lowest BCUT2D eigenvalue weighted by Gasteiger charge is -2.06. The van der Waals surface area contributed by atoms with Crippen molar-refractivity contribution in [3.63, 3.8) is 0 Å². The van der Waals surface area contributed by atoms with E-state index >= 15 is 0 Å². The molecule has 0 aromatic carbocycles. The number of rotatable bonds is 4. The molecule has 2 heterocycles. The van der Waals surface area contributed by atoms with Crippen LogP contribution in [-0.4, -0.2) is 33.2 Å². The fraction of sp³-hybridized carbons (Fsp3) is 0.0909. The Labute approximate surface area is 127 Å². The number of nitrogens with zero attached hydrogens (tertiary/aromatic N) is 2. The molecule has 2 rings (SSSR count). The molecule has 0 fully saturated rings. The number of aromatic nitrogens is 2. The summed E-state index contributed by atoms with van der Waals surface area (Å²) >= 11 is 8.18. The van der Waals surface area contributed by atoms with Crippen molar-refractivity contribution in [3.05, 3.63) is 33.2 Å². The zero-order chi connectivity index (χ0) is 14.7. The van der Waals surface area contributed by atoms with Gasteiger partial charge in [0.15, 0.2) is 10.9 Å². The molecule has 0 unspecified atom stereocenters. The molecule has 0 atom stereocenters. The maximum absolute atomic E-state index is 12.1. The maximum atomic E-state index is 12.1. The Bertz CT molecular complexity index is 675. The summed E-state index contributed by atoms with van der Waals surface area (Å²) in [6.45, 7) is 0. The van der Waals surface area contributed by atoms with E-state index in [1.54, 1.807) is 11.6 Å². The van der Waals surface area contributed by atoms with Gasteiger partial charge in [0.25, 0.3) is 5.91 Å². The molecule has 20 heavy (non-hydrogen) atoms. The van der Waals surface area contributed by atoms with Crippen LogP contribution in [0.15, 0.2) is 22.8 Å². The van der Waals surface area contributed by atoms with Gasteiger partial charge in [0, 0.05) is 0 Å². The van der Waals surface area contributed by atoms with Crippen LogP contribution in [0, 0.1) is 0 Å². The van der Waals surface area contributed by atoms with E-state index in [9.17, 15) is 9.59 Å². The molecule has 0 saturated heterocycles. The molecule has 2 aromatic heterocycles. The number of hydrogen-bond donors (Lipinski definition) is 2. The molecular weight excluding hydrogens is 322 g/mol. The zero-order valence-corrected chi connectivity index (χ0v) is 12.5. The van der Waals surface area contributed by atoms with Gasteiger partial charge in [-0.2, -0.15) is 0 Å². The Morgan fingerprint density at radius 3 is 2.90 bits per heavy atom. The van der Waals surface area contributed by atoms with Gasteiger partial charge in [-0.1, -0.05) is 23.4 Å². The monoisotopic (exact) mass is 329 g/mol. The fourth-order valence-electron chi connectivity index (χ4n) is 1.36. The Kier molecular flexibility index (Phi) is 4.58. The van der Waals surface area contributed by atoms with E-state index in [0.29, 0.717) is 5.16 Å². The third-order valence-corrected chi connectivity index (χ3v) is 3.97. The SMILES string of the molecule is CSc1ncc(Cl)c(C(=O)Nc2ccsc2C(=O)O)n1. The number of carboxylic acid groups (broad SMARTS) is 1. The van der Waals surface area contributed by atoms with Crippen LogP contribution >= 0.6 is 34.7 Å². The minimum atomic E-state index is -1.10. The van der Waals surface area contributed by atoms with Gasteiger partial charge in [-0.05, 0) is 17.7 Å². The smallest absolute Gasteiger partial charge is 0.348 e. The number of carbonyl (C=O) groups excluding carboxylic acids is 1. The molecule has 2 aromatic rings. The summed E-state index contributed by atoms with van der Waals surface area (Å²) in [5.74, 6) is -1.68. The Morgan fingerprint density at radius 2 is 2.25 bits per heavy atom. The number of carbonyl (C=O) groups is 2. The van der Waals surface area contributed by atoms with E-state index in [4.69, 9.17) is 16.7 Å². The second kappa shape index (κ2) is 6.21. The van der Waals surface area contributed by atoms with Gasteiger partial charge in [-0.3, -0.25) is 4.79 Å². The first-order valence-corrected chi connectivity index (χ1v) is 7.70. The third kappa shape index (κ3) is 3.09. The lowest BCUT2D eigenvalue weighted by molar-refractivity contribution is 0.0703. The topological polar surface area (TPSA) is 92.2 Å². The highest BCUT2D eigenvalue weighted by Crippen LogP contribution is 2.24. The van der Waals surface area contributed by atoms with Crippen molar-refractivity contribution in [3.8, 4) is 0 Å². The number of halogens is 1. The van der Waals surface area contributed by atoms with Crippen LogP contribution in [-0.2, 0) is 0 Å². The molecule has 2 N–H and O–H groups in total. The molecule has 0 aliphatic rings. The first kappa shape index (κ1) is 14.8. The van der Waals surface area contributed by atoms with Gasteiger partial charge in [0.1, 0.15) is 4.88 Å². The fourth-order valence-corrected chi connectivity index (χ4v) is 2.57. The lowest BCUT2D eigenvalue weighted by atomic mass is 10.3. The largest absolute Gasteiger partial charge is 0.477 e. The predicted octanol–water partition coefficient (Wildman–Crippen LogP) is 2.86. The highest BCUT2D eigenvalue weighted by Gasteiger charge is 2.18. The molecule has 0 saturated carbocycles. The summed E-state index contributed by atoms with van der Waals surface area (Å²) in [4.78, 5) is 31.1. The summed E-state index contributed by atoms with van der Waals surface area (Å²) in [5.41, 5.74) is 0.224. The van der Waals surface area contributed by atoms with Crippen molar-refractivity contribution >= 4 is 52.3 Å². The van der Waals surface area contributed by atoms with Crippen molar-refractivity contribution in [2.75, 3.05) is 11.6 Å². The van der Waals surface area contributed by atoms with E-state index in [1.165, 1.54) is 24.0 Å². The molecule has 0 bridgehead atoms. The minimum Gasteiger partial charge on any atom is -0.477 e. The Balaban J connectivity index is 2.28. The van der Waals surface area contributed by atoms with E-state index in [2.05, 4.69) is 15.3 Å². The van der Waals surface area contributed by atoms with Crippen molar-refractivity contribution in [1.29, 1.82) is 0 Å². The highest BCUT2D eigenvalue weighted by atomic mass is 35.5. The number of thiophene rings is 1. The molecular formula is C11H8ClN3O3S2. The van der Waals surface area contributed by atoms with Crippen molar-refractivity contribution in [2.45, 2.75) is 5.16 Å². The summed E-state index contributed by atoms with van der Waals surface area (Å²) < 4.78 is 0. The molecule has 6 nitrogen and oxygen atoms in total. The number of nitrogens with one attached hydrogen (secondary N) is 1. The lowest BCUT2D eigenvalue weighted by Crippen LogP contribution is -2.16. The zero-order valence-electron chi connectivity index (χ0n) is 10.1. The van der Waals surface area contributed by atoms with Crippen LogP contribution in [0.1, 0.15) is 20.2 Å². The summed E-state index contributed by atoms with van der Waals surface area (Å²) in [7, 11) is 0. The molecule has 0 spiro atoms. The van der Waals surface area contributed by atoms with Crippen LogP contribution in [0.5, 0.6) is 0 Å². The second-order valence-corrected chi connectivity index (χ2v) is 5.57. The average molecular weight is 330 g/mol. The van der Waals surface area contributed by atoms with Crippen molar-refractivity contribution < 1.29 is 14.7 Å². The number of thioether (sulfide) groups is 1. The van der Waals surface area contributed by atoms with E-state index < -0.39 is 11.9 Å². The number of anilines is 1. The second-order valence-electron chi connectivity index (χ2n) is 3.48. The summed E-state index contributed by atoms with van der Waals surface area (Å²) in [6, 6.07) is 1.51. The third-order valence-electron chi connectivity index (χ3n) is 2.23. The quantitative estimate of drug-likeness (QED) is 0.662. The average Bonchev–Trinajstić information content (AvgIpc) is 2.87. The van der Waals surface area contributed by atoms with E-state index in [1.807, 2.05) is 0 Å². The van der Waals surface area contributed by atoms with Crippen LogP contribution < -0.4 is 5.32 Å². The van der Waals surface area contributed by atoms with Crippen LogP contribution in [0.2, 0.25) is 5.02 Å². The van der Waals surface area contributed by atoms with Crippen LogP contribution in [0.25, 0.3) is 0 Å². The molecule has 0 aliphatic heterocycles. The minimum absolute atomic E-state index is 0.00792. The van der Waals surface area contributed by atoms with Gasteiger partial charge in [-0.25, -0.2) is 14.8 Å². The maximum Gasteiger partial charge on any atom is 0.348 e. The molecule has 9 heteroatoms. The van der Waals surface area contributed by atoms with Crippen LogP contribution in [0.3, 0.4) is 0 Å². The van der Waals surface area contributed by atoms with Gasteiger partial charge >= 0.3 is 5.97 Å². The molecule has 104 valence electrons. The number of carboxylic acids is 1. The van der Waals surface area contributed by atoms with Crippen LogP contribution in [0.4, 0.5) is 5.69 Å². The van der Waals surface area contributed by atoms with Gasteiger partial charge in [0.05, 0.1) is 16.9 Å². The van der Waals surface area contributed by atoms with Crippen molar-refractivity contribution in [1.82, 2.24) is 9.97 Å². The standard InChI is InChI=1S/C11H8ClN3O3S2/c1-19-11-13-4-5(12)7(15-11)9(16)14-6-2-3-20-8(6)10(17)18/h2-4H,1H3,(H,14,16)(H,17,18).